The molecule has 2 aliphatic heterocycles. The topological polar surface area (TPSA) is 89.0 Å². The number of carbonyl (C=O) groups excluding carboxylic acids is 1. The van der Waals surface area contributed by atoms with Crippen LogP contribution in [0.25, 0.3) is 11.0 Å². The van der Waals surface area contributed by atoms with Gasteiger partial charge in [0.05, 0.1) is 18.3 Å². The highest BCUT2D eigenvalue weighted by atomic mass is 16.6. The lowest BCUT2D eigenvalue weighted by atomic mass is 9.95. The molecule has 2 aromatic heterocycles. The first kappa shape index (κ1) is 24.3. The summed E-state index contributed by atoms with van der Waals surface area (Å²) < 4.78 is 16.6. The van der Waals surface area contributed by atoms with Gasteiger partial charge in [0.15, 0.2) is 11.5 Å². The summed E-state index contributed by atoms with van der Waals surface area (Å²) in [5.41, 5.74) is 3.20. The van der Waals surface area contributed by atoms with Crippen molar-refractivity contribution in [3.05, 3.63) is 48.2 Å². The molecule has 4 heterocycles. The Labute approximate surface area is 211 Å². The van der Waals surface area contributed by atoms with Crippen molar-refractivity contribution >= 4 is 22.6 Å². The van der Waals surface area contributed by atoms with Crippen LogP contribution in [0, 0.1) is 0 Å². The predicted molar refractivity (Wildman–Crippen MR) is 138 cm³/mol. The SMILES string of the molecule is COc1ccc2nccc(NC(=O)C[C@@H]3CC[C@H](N(C)Cc4ccc5c(c4)OCCO5)CN3C)c2n1. The minimum atomic E-state index is -0.0212. The van der Waals surface area contributed by atoms with Gasteiger partial charge in [-0.05, 0) is 56.8 Å². The Morgan fingerprint density at radius 3 is 2.81 bits per heavy atom. The molecule has 5 rings (SSSR count). The van der Waals surface area contributed by atoms with E-state index in [4.69, 9.17) is 14.2 Å². The van der Waals surface area contributed by atoms with E-state index in [0.29, 0.717) is 48.3 Å². The number of methoxy groups -OCH3 is 1. The molecule has 1 fully saturated rings. The first-order valence-corrected chi connectivity index (χ1v) is 12.4. The molecule has 36 heavy (non-hydrogen) atoms. The third-order valence-corrected chi connectivity index (χ3v) is 7.08. The van der Waals surface area contributed by atoms with Crippen LogP contribution in [-0.4, -0.2) is 78.7 Å². The van der Waals surface area contributed by atoms with Crippen molar-refractivity contribution in [2.24, 2.45) is 0 Å². The van der Waals surface area contributed by atoms with Gasteiger partial charge in [-0.25, -0.2) is 4.98 Å². The Kier molecular flexibility index (Phi) is 7.20. The van der Waals surface area contributed by atoms with E-state index in [9.17, 15) is 4.79 Å². The average molecular weight is 492 g/mol. The second-order valence-corrected chi connectivity index (χ2v) is 9.55. The van der Waals surface area contributed by atoms with Gasteiger partial charge in [0, 0.05) is 43.9 Å². The van der Waals surface area contributed by atoms with Crippen LogP contribution in [0.1, 0.15) is 24.8 Å². The van der Waals surface area contributed by atoms with E-state index in [2.05, 4.69) is 51.3 Å². The van der Waals surface area contributed by atoms with E-state index in [1.807, 2.05) is 12.1 Å². The van der Waals surface area contributed by atoms with Gasteiger partial charge >= 0.3 is 0 Å². The minimum Gasteiger partial charge on any atom is -0.486 e. The zero-order chi connectivity index (χ0) is 25.1. The van der Waals surface area contributed by atoms with Gasteiger partial charge in [-0.3, -0.25) is 14.7 Å². The molecule has 0 unspecified atom stereocenters. The number of hydrogen-bond acceptors (Lipinski definition) is 8. The van der Waals surface area contributed by atoms with Gasteiger partial charge in [0.2, 0.25) is 11.8 Å². The maximum atomic E-state index is 12.9. The summed E-state index contributed by atoms with van der Waals surface area (Å²) in [4.78, 5) is 26.4. The lowest BCUT2D eigenvalue weighted by molar-refractivity contribution is -0.117. The highest BCUT2D eigenvalue weighted by Gasteiger charge is 2.29. The number of nitrogens with zero attached hydrogens (tertiary/aromatic N) is 4. The van der Waals surface area contributed by atoms with Crippen LogP contribution in [0.4, 0.5) is 5.69 Å². The molecule has 2 atom stereocenters. The number of likely N-dealkylation sites (N-methyl/N-ethyl adjacent to an activating group) is 2. The Balaban J connectivity index is 1.16. The zero-order valence-electron chi connectivity index (χ0n) is 21.1. The lowest BCUT2D eigenvalue weighted by Crippen LogP contribution is -2.49. The molecular formula is C27H33N5O4. The molecule has 0 spiro atoms. The summed E-state index contributed by atoms with van der Waals surface area (Å²) in [6, 6.07) is 12.2. The van der Waals surface area contributed by atoms with Crippen molar-refractivity contribution in [3.63, 3.8) is 0 Å². The number of rotatable bonds is 7. The quantitative estimate of drug-likeness (QED) is 0.539. The first-order valence-electron chi connectivity index (χ1n) is 12.4. The Morgan fingerprint density at radius 2 is 2.00 bits per heavy atom. The lowest BCUT2D eigenvalue weighted by Gasteiger charge is -2.40. The molecular weight excluding hydrogens is 458 g/mol. The first-order chi connectivity index (χ1) is 17.5. The molecule has 0 aliphatic carbocycles. The van der Waals surface area contributed by atoms with Crippen molar-refractivity contribution in [2.75, 3.05) is 46.3 Å². The maximum absolute atomic E-state index is 12.9. The Hall–Kier alpha value is -3.43. The number of piperidine rings is 1. The number of ether oxygens (including phenoxy) is 3. The minimum absolute atomic E-state index is 0.0212. The number of fused-ring (bicyclic) bond motifs is 2. The molecule has 0 saturated carbocycles. The average Bonchev–Trinajstić information content (AvgIpc) is 2.89. The molecule has 1 amide bonds. The molecule has 3 aromatic rings. The van der Waals surface area contributed by atoms with Gasteiger partial charge in [-0.1, -0.05) is 6.07 Å². The molecule has 1 saturated heterocycles. The summed E-state index contributed by atoms with van der Waals surface area (Å²) in [5.74, 6) is 2.12. The number of anilines is 1. The van der Waals surface area contributed by atoms with Crippen LogP contribution < -0.4 is 19.5 Å². The maximum Gasteiger partial charge on any atom is 0.226 e. The van der Waals surface area contributed by atoms with Crippen molar-refractivity contribution in [1.82, 2.24) is 19.8 Å². The van der Waals surface area contributed by atoms with Crippen LogP contribution in [0.15, 0.2) is 42.6 Å². The summed E-state index contributed by atoms with van der Waals surface area (Å²) >= 11 is 0. The number of amides is 1. The van der Waals surface area contributed by atoms with E-state index < -0.39 is 0 Å². The molecule has 2 aliphatic rings. The number of benzene rings is 1. The summed E-state index contributed by atoms with van der Waals surface area (Å²) in [6.45, 7) is 2.95. The molecule has 0 radical (unpaired) electrons. The smallest absolute Gasteiger partial charge is 0.226 e. The van der Waals surface area contributed by atoms with Gasteiger partial charge in [-0.2, -0.15) is 0 Å². The van der Waals surface area contributed by atoms with E-state index >= 15 is 0 Å². The number of carbonyl (C=O) groups is 1. The van der Waals surface area contributed by atoms with Gasteiger partial charge < -0.3 is 24.4 Å². The fourth-order valence-electron chi connectivity index (χ4n) is 5.04. The molecule has 0 bridgehead atoms. The van der Waals surface area contributed by atoms with E-state index in [1.165, 1.54) is 5.56 Å². The number of pyridine rings is 2. The molecule has 9 nitrogen and oxygen atoms in total. The summed E-state index contributed by atoms with van der Waals surface area (Å²) in [7, 11) is 5.84. The number of aromatic nitrogens is 2. The van der Waals surface area contributed by atoms with Crippen LogP contribution >= 0.6 is 0 Å². The Bertz CT molecular complexity index is 1240. The number of nitrogens with one attached hydrogen (secondary N) is 1. The van der Waals surface area contributed by atoms with Crippen molar-refractivity contribution in [1.29, 1.82) is 0 Å². The van der Waals surface area contributed by atoms with Crippen molar-refractivity contribution in [2.45, 2.75) is 37.9 Å². The standard InChI is InChI=1S/C27H33N5O4/c1-31(16-18-4-8-23-24(14-18)36-13-12-35-23)20-6-5-19(32(2)17-20)15-25(33)29-22-10-11-28-21-7-9-26(34-3)30-27(21)22/h4,7-11,14,19-20H,5-6,12-13,15-17H2,1-3H3,(H,28,29,33)/t19-,20-/m0/s1. The molecule has 1 aromatic carbocycles. The van der Waals surface area contributed by atoms with Crippen LogP contribution in [0.3, 0.4) is 0 Å². The molecule has 1 N–H and O–H groups in total. The number of likely N-dealkylation sites (tertiary alicyclic amines) is 1. The largest absolute Gasteiger partial charge is 0.486 e. The van der Waals surface area contributed by atoms with E-state index in [1.54, 1.807) is 25.4 Å². The van der Waals surface area contributed by atoms with Gasteiger partial charge in [-0.15, -0.1) is 0 Å². The second kappa shape index (κ2) is 10.7. The van der Waals surface area contributed by atoms with Gasteiger partial charge in [0.1, 0.15) is 18.7 Å². The highest BCUT2D eigenvalue weighted by Crippen LogP contribution is 2.32. The molecule has 9 heteroatoms. The fourth-order valence-corrected chi connectivity index (χ4v) is 5.04. The van der Waals surface area contributed by atoms with Gasteiger partial charge in [0.25, 0.3) is 0 Å². The van der Waals surface area contributed by atoms with Crippen LogP contribution in [0.5, 0.6) is 17.4 Å². The molecule has 190 valence electrons. The monoisotopic (exact) mass is 491 g/mol. The third-order valence-electron chi connectivity index (χ3n) is 7.08. The normalized spacial score (nSPS) is 19.9. The van der Waals surface area contributed by atoms with Crippen LogP contribution in [-0.2, 0) is 11.3 Å². The third kappa shape index (κ3) is 5.37. The van der Waals surface area contributed by atoms with Crippen molar-refractivity contribution < 1.29 is 19.0 Å². The number of hydrogen-bond donors (Lipinski definition) is 1. The van der Waals surface area contributed by atoms with E-state index in [0.717, 1.165) is 37.4 Å². The summed E-state index contributed by atoms with van der Waals surface area (Å²) in [5, 5.41) is 3.04. The Morgan fingerprint density at radius 1 is 1.17 bits per heavy atom. The van der Waals surface area contributed by atoms with Crippen molar-refractivity contribution in [3.8, 4) is 17.4 Å². The summed E-state index contributed by atoms with van der Waals surface area (Å²) in [6.07, 6.45) is 4.12. The highest BCUT2D eigenvalue weighted by molar-refractivity contribution is 5.99. The predicted octanol–water partition coefficient (Wildman–Crippen LogP) is 3.33. The van der Waals surface area contributed by atoms with E-state index in [-0.39, 0.29) is 11.9 Å². The van der Waals surface area contributed by atoms with Crippen LogP contribution in [0.2, 0.25) is 0 Å². The second-order valence-electron chi connectivity index (χ2n) is 9.55. The zero-order valence-corrected chi connectivity index (χ0v) is 21.1. The fraction of sp³-hybridized carbons (Fsp3) is 0.444.